The highest BCUT2D eigenvalue weighted by Gasteiger charge is 2.59. The summed E-state index contributed by atoms with van der Waals surface area (Å²) in [7, 11) is 0. The van der Waals surface area contributed by atoms with Crippen LogP contribution < -0.4 is 0 Å². The van der Waals surface area contributed by atoms with Gasteiger partial charge in [0.25, 0.3) is 0 Å². The Hall–Kier alpha value is -6.50. The van der Waals surface area contributed by atoms with Crippen LogP contribution in [0.25, 0.3) is 98.4 Å². The number of benzene rings is 10. The molecule has 0 N–H and O–H groups in total. The van der Waals surface area contributed by atoms with Gasteiger partial charge in [0.1, 0.15) is 0 Å². The van der Waals surface area contributed by atoms with E-state index in [9.17, 15) is 0 Å². The minimum absolute atomic E-state index is 0.147. The van der Waals surface area contributed by atoms with Crippen molar-refractivity contribution in [2.24, 2.45) is 10.8 Å². The van der Waals surface area contributed by atoms with Crippen LogP contribution in [0, 0.1) is 10.8 Å². The van der Waals surface area contributed by atoms with Gasteiger partial charge in [0.2, 0.25) is 0 Å². The molecule has 1 aliphatic carbocycles. The molecule has 11 rings (SSSR count). The van der Waals surface area contributed by atoms with Gasteiger partial charge < -0.3 is 0 Å². The van der Waals surface area contributed by atoms with Gasteiger partial charge in [0.05, 0.1) is 0 Å². The van der Waals surface area contributed by atoms with Crippen molar-refractivity contribution in [1.82, 2.24) is 0 Å². The van der Waals surface area contributed by atoms with Crippen LogP contribution in [0.3, 0.4) is 0 Å². The van der Waals surface area contributed by atoms with Gasteiger partial charge in [-0.1, -0.05) is 217 Å². The molecule has 1 aliphatic rings. The summed E-state index contributed by atoms with van der Waals surface area (Å²) in [5.41, 5.74) is 12.7. The normalized spacial score (nSPS) is 13.7. The molecular weight excluding hydrogens is 709 g/mol. The highest BCUT2D eigenvalue weighted by Crippen LogP contribution is 2.69. The molecule has 284 valence electrons. The number of hydrogen-bond donors (Lipinski definition) is 0. The van der Waals surface area contributed by atoms with E-state index in [1.165, 1.54) is 109 Å². The van der Waals surface area contributed by atoms with E-state index < -0.39 is 0 Å². The van der Waals surface area contributed by atoms with Crippen LogP contribution in [0.2, 0.25) is 0 Å². The number of rotatable bonds is 3. The van der Waals surface area contributed by atoms with Crippen LogP contribution in [0.5, 0.6) is 0 Å². The molecule has 10 aromatic carbocycles. The molecule has 0 saturated carbocycles. The maximum atomic E-state index is 2.66. The molecule has 0 heteroatoms. The second kappa shape index (κ2) is 12.7. The summed E-state index contributed by atoms with van der Waals surface area (Å²) in [6.45, 7) is 14.9. The lowest BCUT2D eigenvalue weighted by Gasteiger charge is -2.53. The van der Waals surface area contributed by atoms with Crippen molar-refractivity contribution >= 4 is 53.9 Å². The molecule has 0 bridgehead atoms. The maximum absolute atomic E-state index is 2.66. The van der Waals surface area contributed by atoms with E-state index in [0.717, 1.165) is 0 Å². The van der Waals surface area contributed by atoms with Crippen LogP contribution in [0.4, 0.5) is 0 Å². The SMILES string of the molecule is CC(C)(C)C1(C(C)(C)C)c2cc(-c3c4ccccc4c(-c4ccccc4-c4ccccc4)c4ccccc34)c3ccccc3c2-c2c1c1ccccc1c1ccccc21. The van der Waals surface area contributed by atoms with E-state index in [1.54, 1.807) is 0 Å². The Balaban J connectivity index is 1.34. The topological polar surface area (TPSA) is 0 Å². The monoisotopic (exact) mass is 756 g/mol. The van der Waals surface area contributed by atoms with Crippen molar-refractivity contribution in [3.8, 4) is 44.5 Å². The molecule has 0 saturated heterocycles. The van der Waals surface area contributed by atoms with Crippen molar-refractivity contribution in [2.45, 2.75) is 47.0 Å². The molecule has 0 spiro atoms. The zero-order chi connectivity index (χ0) is 40.3. The van der Waals surface area contributed by atoms with Gasteiger partial charge in [-0.25, -0.2) is 0 Å². The summed E-state index contributed by atoms with van der Waals surface area (Å²) < 4.78 is 0. The van der Waals surface area contributed by atoms with Gasteiger partial charge in [-0.2, -0.15) is 0 Å². The lowest BCUT2D eigenvalue weighted by molar-refractivity contribution is 0.0965. The quantitative estimate of drug-likeness (QED) is 0.124. The number of hydrogen-bond acceptors (Lipinski definition) is 0. The molecule has 0 nitrogen and oxygen atoms in total. The molecule has 10 aromatic rings. The summed E-state index contributed by atoms with van der Waals surface area (Å²) in [6, 6.07) is 68.4. The van der Waals surface area contributed by atoms with E-state index in [1.807, 2.05) is 0 Å². The molecule has 0 aromatic heterocycles. The average molecular weight is 757 g/mol. The van der Waals surface area contributed by atoms with E-state index in [0.29, 0.717) is 0 Å². The van der Waals surface area contributed by atoms with Crippen LogP contribution in [-0.4, -0.2) is 0 Å². The van der Waals surface area contributed by atoms with Crippen molar-refractivity contribution in [1.29, 1.82) is 0 Å². The minimum Gasteiger partial charge on any atom is -0.0622 e. The third kappa shape index (κ3) is 4.84. The second-order valence-electron chi connectivity index (χ2n) is 18.7. The molecule has 0 unspecified atom stereocenters. The van der Waals surface area contributed by atoms with Gasteiger partial charge in [-0.15, -0.1) is 0 Å². The third-order valence-electron chi connectivity index (χ3n) is 13.7. The Kier molecular flexibility index (Phi) is 7.70. The van der Waals surface area contributed by atoms with E-state index >= 15 is 0 Å². The molecule has 59 heavy (non-hydrogen) atoms. The first-order valence-corrected chi connectivity index (χ1v) is 21.2. The molecule has 0 atom stereocenters. The molecular formula is C59H48. The number of fused-ring (bicyclic) bond motifs is 12. The Morgan fingerprint density at radius 3 is 1.15 bits per heavy atom. The maximum Gasteiger partial charge on any atom is 0.0318 e. The molecule has 0 radical (unpaired) electrons. The highest BCUT2D eigenvalue weighted by atomic mass is 14.6. The van der Waals surface area contributed by atoms with E-state index in [-0.39, 0.29) is 16.2 Å². The zero-order valence-electron chi connectivity index (χ0n) is 34.8. The first kappa shape index (κ1) is 35.6. The van der Waals surface area contributed by atoms with E-state index in [4.69, 9.17) is 0 Å². The Morgan fingerprint density at radius 2 is 0.644 bits per heavy atom. The predicted octanol–water partition coefficient (Wildman–Crippen LogP) is 16.8. The third-order valence-corrected chi connectivity index (χ3v) is 13.7. The first-order valence-electron chi connectivity index (χ1n) is 21.2. The fourth-order valence-corrected chi connectivity index (χ4v) is 12.0. The Bertz CT molecular complexity index is 3260. The second-order valence-corrected chi connectivity index (χ2v) is 18.7. The molecule has 0 aliphatic heterocycles. The average Bonchev–Trinajstić information content (AvgIpc) is 3.59. The van der Waals surface area contributed by atoms with Crippen LogP contribution in [0.15, 0.2) is 182 Å². The van der Waals surface area contributed by atoms with Gasteiger partial charge in [0.15, 0.2) is 0 Å². The van der Waals surface area contributed by atoms with Gasteiger partial charge in [-0.05, 0) is 126 Å². The fourth-order valence-electron chi connectivity index (χ4n) is 12.0. The Labute approximate surface area is 347 Å². The summed E-state index contributed by atoms with van der Waals surface area (Å²) in [6.07, 6.45) is 0. The predicted molar refractivity (Wildman–Crippen MR) is 255 cm³/mol. The Morgan fingerprint density at radius 1 is 0.288 bits per heavy atom. The molecule has 0 amide bonds. The summed E-state index contributed by atoms with van der Waals surface area (Å²) in [5.74, 6) is 0. The summed E-state index contributed by atoms with van der Waals surface area (Å²) >= 11 is 0. The summed E-state index contributed by atoms with van der Waals surface area (Å²) in [5, 5.41) is 13.1. The van der Waals surface area contributed by atoms with Crippen molar-refractivity contribution in [2.75, 3.05) is 0 Å². The standard InChI is InChI=1S/C59H48/c1-57(2,3)59(58(4,5)6)51-36-50(41-27-12-15-29-43(41)54(51)55-44-30-16-11-25-39(44)40-26-13-21-35-49(40)56(55)59)53-47-33-19-17-31-45(47)52(46-32-18-20-34-48(46)53)42-28-14-10-24-38(42)37-22-8-7-9-23-37/h7-36H,1-6H3. The fraction of sp³-hybridized carbons (Fsp3) is 0.153. The molecule has 0 heterocycles. The first-order chi connectivity index (χ1) is 28.6. The largest absolute Gasteiger partial charge is 0.0622 e. The van der Waals surface area contributed by atoms with Crippen molar-refractivity contribution < 1.29 is 0 Å². The van der Waals surface area contributed by atoms with Gasteiger partial charge in [0, 0.05) is 5.41 Å². The van der Waals surface area contributed by atoms with Crippen LogP contribution >= 0.6 is 0 Å². The molecule has 0 fully saturated rings. The van der Waals surface area contributed by atoms with E-state index in [2.05, 4.69) is 224 Å². The zero-order valence-corrected chi connectivity index (χ0v) is 34.8. The lowest BCUT2D eigenvalue weighted by Crippen LogP contribution is -2.50. The highest BCUT2D eigenvalue weighted by molar-refractivity contribution is 6.27. The van der Waals surface area contributed by atoms with Gasteiger partial charge >= 0.3 is 0 Å². The van der Waals surface area contributed by atoms with Crippen LogP contribution in [-0.2, 0) is 5.41 Å². The van der Waals surface area contributed by atoms with Crippen molar-refractivity contribution in [3.05, 3.63) is 193 Å². The van der Waals surface area contributed by atoms with Gasteiger partial charge in [-0.3, -0.25) is 0 Å². The summed E-state index contributed by atoms with van der Waals surface area (Å²) in [4.78, 5) is 0. The van der Waals surface area contributed by atoms with Crippen molar-refractivity contribution in [3.63, 3.8) is 0 Å². The van der Waals surface area contributed by atoms with Crippen LogP contribution in [0.1, 0.15) is 52.7 Å². The minimum atomic E-state index is -0.340. The smallest absolute Gasteiger partial charge is 0.0318 e. The lowest BCUT2D eigenvalue weighted by atomic mass is 9.49.